The van der Waals surface area contributed by atoms with E-state index in [1.807, 2.05) is 0 Å². The van der Waals surface area contributed by atoms with Crippen molar-refractivity contribution in [2.75, 3.05) is 6.61 Å². The fraction of sp³-hybridized carbons (Fsp3) is 0.600. The highest BCUT2D eigenvalue weighted by molar-refractivity contribution is 5.42. The number of hydrogen-bond acceptors (Lipinski definition) is 1. The average molecular weight is 220 g/mol. The molecule has 0 aliphatic carbocycles. The maximum atomic E-state index is 5.84. The van der Waals surface area contributed by atoms with Gasteiger partial charge in [0, 0.05) is 0 Å². The van der Waals surface area contributed by atoms with Crippen LogP contribution in [0.3, 0.4) is 0 Å². The second-order valence-corrected chi connectivity index (χ2v) is 5.33. The average Bonchev–Trinajstić information content (AvgIpc) is 2.15. The van der Waals surface area contributed by atoms with E-state index in [0.29, 0.717) is 11.8 Å². The van der Waals surface area contributed by atoms with Crippen LogP contribution in [-0.2, 0) is 0 Å². The van der Waals surface area contributed by atoms with Crippen molar-refractivity contribution in [1.29, 1.82) is 0 Å². The summed E-state index contributed by atoms with van der Waals surface area (Å²) in [6.07, 6.45) is 0. The standard InChI is InChI=1S/C15H24O/c1-10(2)9-16-15-8-14(11(3)4)12(5)7-13(15)6/h7-8,10-11H,9H2,1-6H3. The van der Waals surface area contributed by atoms with Gasteiger partial charge in [0.25, 0.3) is 0 Å². The van der Waals surface area contributed by atoms with Gasteiger partial charge in [0.05, 0.1) is 6.61 Å². The molecule has 0 amide bonds. The topological polar surface area (TPSA) is 9.23 Å². The van der Waals surface area contributed by atoms with Crippen LogP contribution in [0.2, 0.25) is 0 Å². The predicted octanol–water partition coefficient (Wildman–Crippen LogP) is 4.46. The molecule has 90 valence electrons. The molecule has 1 aromatic rings. The van der Waals surface area contributed by atoms with E-state index in [4.69, 9.17) is 4.74 Å². The van der Waals surface area contributed by atoms with Gasteiger partial charge in [-0.15, -0.1) is 0 Å². The molecule has 0 atom stereocenters. The lowest BCUT2D eigenvalue weighted by atomic mass is 9.96. The predicted molar refractivity (Wildman–Crippen MR) is 70.3 cm³/mol. The van der Waals surface area contributed by atoms with Gasteiger partial charge in [0.1, 0.15) is 5.75 Å². The molecule has 0 bridgehead atoms. The second-order valence-electron chi connectivity index (χ2n) is 5.33. The molecule has 0 radical (unpaired) electrons. The summed E-state index contributed by atoms with van der Waals surface area (Å²) in [5, 5.41) is 0. The molecule has 0 saturated carbocycles. The van der Waals surface area contributed by atoms with Crippen LogP contribution >= 0.6 is 0 Å². The van der Waals surface area contributed by atoms with Crippen LogP contribution < -0.4 is 4.74 Å². The van der Waals surface area contributed by atoms with Crippen LogP contribution in [0.1, 0.15) is 50.3 Å². The monoisotopic (exact) mass is 220 g/mol. The van der Waals surface area contributed by atoms with Crippen molar-refractivity contribution in [3.63, 3.8) is 0 Å². The molecule has 1 nitrogen and oxygen atoms in total. The first-order valence-corrected chi connectivity index (χ1v) is 6.15. The second kappa shape index (κ2) is 5.38. The molecular formula is C15H24O. The summed E-state index contributed by atoms with van der Waals surface area (Å²) < 4.78 is 5.84. The minimum Gasteiger partial charge on any atom is -0.493 e. The van der Waals surface area contributed by atoms with Gasteiger partial charge in [0.15, 0.2) is 0 Å². The normalized spacial score (nSPS) is 11.2. The first-order chi connectivity index (χ1) is 7.41. The van der Waals surface area contributed by atoms with Crippen molar-refractivity contribution in [1.82, 2.24) is 0 Å². The summed E-state index contributed by atoms with van der Waals surface area (Å²) >= 11 is 0. The molecule has 0 heterocycles. The van der Waals surface area contributed by atoms with Crippen molar-refractivity contribution < 1.29 is 4.74 Å². The molecule has 0 unspecified atom stereocenters. The Kier molecular flexibility index (Phi) is 4.40. The fourth-order valence-corrected chi connectivity index (χ4v) is 1.88. The Balaban J connectivity index is 2.96. The molecular weight excluding hydrogens is 196 g/mol. The molecule has 0 aliphatic heterocycles. The highest BCUT2D eigenvalue weighted by Crippen LogP contribution is 2.28. The van der Waals surface area contributed by atoms with Crippen molar-refractivity contribution in [2.45, 2.75) is 47.5 Å². The molecule has 0 N–H and O–H groups in total. The Labute approximate surface area is 99.8 Å². The van der Waals surface area contributed by atoms with Crippen LogP contribution in [0.4, 0.5) is 0 Å². The summed E-state index contributed by atoms with van der Waals surface area (Å²) in [6.45, 7) is 13.9. The molecule has 1 aromatic carbocycles. The lowest BCUT2D eigenvalue weighted by Gasteiger charge is -2.16. The smallest absolute Gasteiger partial charge is 0.122 e. The third-order valence-electron chi connectivity index (χ3n) is 2.76. The lowest BCUT2D eigenvalue weighted by molar-refractivity contribution is 0.269. The van der Waals surface area contributed by atoms with Crippen LogP contribution in [0.15, 0.2) is 12.1 Å². The molecule has 1 heteroatoms. The third kappa shape index (κ3) is 3.26. The van der Waals surface area contributed by atoms with E-state index >= 15 is 0 Å². The zero-order valence-corrected chi connectivity index (χ0v) is 11.4. The van der Waals surface area contributed by atoms with Gasteiger partial charge in [-0.2, -0.15) is 0 Å². The van der Waals surface area contributed by atoms with E-state index in [1.165, 1.54) is 16.7 Å². The van der Waals surface area contributed by atoms with Gasteiger partial charge >= 0.3 is 0 Å². The highest BCUT2D eigenvalue weighted by Gasteiger charge is 2.09. The van der Waals surface area contributed by atoms with Crippen LogP contribution in [0.25, 0.3) is 0 Å². The Morgan fingerprint density at radius 1 is 1.00 bits per heavy atom. The molecule has 0 fully saturated rings. The van der Waals surface area contributed by atoms with Crippen molar-refractivity contribution in [3.8, 4) is 5.75 Å². The molecule has 0 spiro atoms. The van der Waals surface area contributed by atoms with E-state index in [9.17, 15) is 0 Å². The van der Waals surface area contributed by atoms with E-state index in [2.05, 4.69) is 53.7 Å². The first kappa shape index (κ1) is 13.1. The van der Waals surface area contributed by atoms with Gasteiger partial charge in [-0.05, 0) is 48.4 Å². The van der Waals surface area contributed by atoms with E-state index in [0.717, 1.165) is 12.4 Å². The third-order valence-corrected chi connectivity index (χ3v) is 2.76. The van der Waals surface area contributed by atoms with Crippen molar-refractivity contribution in [2.24, 2.45) is 5.92 Å². The van der Waals surface area contributed by atoms with Crippen molar-refractivity contribution in [3.05, 3.63) is 28.8 Å². The van der Waals surface area contributed by atoms with Crippen LogP contribution in [0, 0.1) is 19.8 Å². The highest BCUT2D eigenvalue weighted by atomic mass is 16.5. The molecule has 0 aliphatic rings. The van der Waals surface area contributed by atoms with E-state index in [-0.39, 0.29) is 0 Å². The van der Waals surface area contributed by atoms with Gasteiger partial charge in [-0.25, -0.2) is 0 Å². The van der Waals surface area contributed by atoms with Gasteiger partial charge in [0.2, 0.25) is 0 Å². The quantitative estimate of drug-likeness (QED) is 0.728. The van der Waals surface area contributed by atoms with E-state index in [1.54, 1.807) is 0 Å². The largest absolute Gasteiger partial charge is 0.493 e. The van der Waals surface area contributed by atoms with Gasteiger partial charge < -0.3 is 4.74 Å². The Morgan fingerprint density at radius 2 is 1.62 bits per heavy atom. The minimum absolute atomic E-state index is 0.557. The minimum atomic E-state index is 0.557. The number of rotatable bonds is 4. The number of aryl methyl sites for hydroxylation is 2. The molecule has 16 heavy (non-hydrogen) atoms. The van der Waals surface area contributed by atoms with E-state index < -0.39 is 0 Å². The summed E-state index contributed by atoms with van der Waals surface area (Å²) in [6, 6.07) is 4.43. The van der Waals surface area contributed by atoms with Crippen LogP contribution in [-0.4, -0.2) is 6.61 Å². The first-order valence-electron chi connectivity index (χ1n) is 6.15. The maximum Gasteiger partial charge on any atom is 0.122 e. The Morgan fingerprint density at radius 3 is 2.12 bits per heavy atom. The zero-order chi connectivity index (χ0) is 12.3. The fourth-order valence-electron chi connectivity index (χ4n) is 1.88. The zero-order valence-electron chi connectivity index (χ0n) is 11.4. The molecule has 1 rings (SSSR count). The number of ether oxygens (including phenoxy) is 1. The number of benzene rings is 1. The van der Waals surface area contributed by atoms with Crippen molar-refractivity contribution >= 4 is 0 Å². The Bertz CT molecular complexity index is 351. The maximum absolute atomic E-state index is 5.84. The van der Waals surface area contributed by atoms with Crippen LogP contribution in [0.5, 0.6) is 5.75 Å². The Hall–Kier alpha value is -0.980. The SMILES string of the molecule is Cc1cc(C)c(C(C)C)cc1OCC(C)C. The molecule has 0 saturated heterocycles. The molecule has 0 aromatic heterocycles. The summed E-state index contributed by atoms with van der Waals surface area (Å²) in [5.41, 5.74) is 4.00. The summed E-state index contributed by atoms with van der Waals surface area (Å²) in [4.78, 5) is 0. The summed E-state index contributed by atoms with van der Waals surface area (Å²) in [7, 11) is 0. The van der Waals surface area contributed by atoms with Gasteiger partial charge in [-0.3, -0.25) is 0 Å². The van der Waals surface area contributed by atoms with Gasteiger partial charge in [-0.1, -0.05) is 33.8 Å². The number of hydrogen-bond donors (Lipinski definition) is 0. The summed E-state index contributed by atoms with van der Waals surface area (Å²) in [5.74, 6) is 2.17. The lowest BCUT2D eigenvalue weighted by Crippen LogP contribution is -2.06.